The molecule has 0 saturated heterocycles. The second-order valence-corrected chi connectivity index (χ2v) is 6.63. The summed E-state index contributed by atoms with van der Waals surface area (Å²) in [6.45, 7) is 3.42. The number of nitrogens with one attached hydrogen (secondary N) is 1. The second kappa shape index (κ2) is 7.92. The van der Waals surface area contributed by atoms with E-state index in [1.807, 2.05) is 37.3 Å². The second-order valence-electron chi connectivity index (χ2n) is 5.68. The normalized spacial score (nSPS) is 10.5. The number of ketones is 1. The fourth-order valence-electron chi connectivity index (χ4n) is 2.30. The largest absolute Gasteiger partial charge is 0.326 e. The third kappa shape index (κ3) is 4.34. The summed E-state index contributed by atoms with van der Waals surface area (Å²) in [6, 6.07) is 14.6. The summed E-state index contributed by atoms with van der Waals surface area (Å²) in [6.07, 6.45) is 0. The number of rotatable bonds is 6. The monoisotopic (exact) mass is 367 g/mol. The van der Waals surface area contributed by atoms with Crippen LogP contribution >= 0.6 is 11.8 Å². The van der Waals surface area contributed by atoms with E-state index in [2.05, 4.69) is 20.8 Å². The van der Waals surface area contributed by atoms with Gasteiger partial charge < -0.3 is 5.32 Å². The van der Waals surface area contributed by atoms with E-state index in [0.717, 1.165) is 5.56 Å². The third-order valence-electron chi connectivity index (χ3n) is 3.56. The van der Waals surface area contributed by atoms with Crippen molar-refractivity contribution >= 4 is 29.1 Å². The number of hydrogen-bond donors (Lipinski definition) is 1. The van der Waals surface area contributed by atoms with Gasteiger partial charge in [0, 0.05) is 18.2 Å². The summed E-state index contributed by atoms with van der Waals surface area (Å²) >= 11 is 1.27. The first-order chi connectivity index (χ1) is 12.5. The molecule has 3 rings (SSSR count). The molecular weight excluding hydrogens is 350 g/mol. The van der Waals surface area contributed by atoms with Gasteiger partial charge in [-0.05, 0) is 35.5 Å². The van der Waals surface area contributed by atoms with E-state index in [4.69, 9.17) is 0 Å². The van der Waals surface area contributed by atoms with Crippen LogP contribution < -0.4 is 5.32 Å². The zero-order valence-electron chi connectivity index (χ0n) is 14.3. The van der Waals surface area contributed by atoms with Gasteiger partial charge in [-0.1, -0.05) is 47.7 Å². The van der Waals surface area contributed by atoms with E-state index < -0.39 is 0 Å². The topological polar surface area (TPSA) is 89.8 Å². The van der Waals surface area contributed by atoms with Gasteiger partial charge in [-0.15, -0.1) is 5.10 Å². The summed E-state index contributed by atoms with van der Waals surface area (Å²) in [5, 5.41) is 14.9. The van der Waals surface area contributed by atoms with Crippen molar-refractivity contribution in [2.75, 3.05) is 11.1 Å². The number of anilines is 1. The number of thioether (sulfide) groups is 1. The highest BCUT2D eigenvalue weighted by Crippen LogP contribution is 2.21. The zero-order valence-corrected chi connectivity index (χ0v) is 15.2. The Morgan fingerprint density at radius 3 is 2.65 bits per heavy atom. The molecule has 132 valence electrons. The molecule has 7 nitrogen and oxygen atoms in total. The van der Waals surface area contributed by atoms with Gasteiger partial charge in [-0.2, -0.15) is 4.68 Å². The Labute approximate surface area is 154 Å². The summed E-state index contributed by atoms with van der Waals surface area (Å²) < 4.78 is 1.54. The Morgan fingerprint density at radius 2 is 1.92 bits per heavy atom. The molecule has 1 amide bonds. The predicted molar refractivity (Wildman–Crippen MR) is 99.7 cm³/mol. The summed E-state index contributed by atoms with van der Waals surface area (Å²) in [5.74, 6) is 0.0863. The smallest absolute Gasteiger partial charge is 0.221 e. The van der Waals surface area contributed by atoms with Gasteiger partial charge in [0.25, 0.3) is 0 Å². The van der Waals surface area contributed by atoms with Crippen molar-refractivity contribution in [3.8, 4) is 5.69 Å². The molecule has 2 aromatic carbocycles. The molecule has 0 aliphatic rings. The van der Waals surface area contributed by atoms with E-state index >= 15 is 0 Å². The molecule has 1 N–H and O–H groups in total. The van der Waals surface area contributed by atoms with E-state index in [1.165, 1.54) is 18.7 Å². The van der Waals surface area contributed by atoms with E-state index in [0.29, 0.717) is 22.1 Å². The lowest BCUT2D eigenvalue weighted by molar-refractivity contribution is -0.114. The lowest BCUT2D eigenvalue weighted by Crippen LogP contribution is -2.07. The molecule has 0 fully saturated rings. The van der Waals surface area contributed by atoms with Gasteiger partial charge in [0.15, 0.2) is 5.78 Å². The van der Waals surface area contributed by atoms with E-state index in [1.54, 1.807) is 22.9 Å². The van der Waals surface area contributed by atoms with Crippen LogP contribution in [0.4, 0.5) is 5.69 Å². The van der Waals surface area contributed by atoms with Crippen LogP contribution in [0.3, 0.4) is 0 Å². The fourth-order valence-corrected chi connectivity index (χ4v) is 3.09. The number of carbonyl (C=O) groups excluding carboxylic acids is 2. The average molecular weight is 367 g/mol. The van der Waals surface area contributed by atoms with Crippen molar-refractivity contribution < 1.29 is 9.59 Å². The standard InChI is InChI=1S/C18H17N5O2S/c1-12-6-8-14(9-7-12)17(25)11-26-18-20-21-22-23(18)16-5-3-4-15(10-16)19-13(2)24/h3-10H,11H2,1-2H3,(H,19,24). The summed E-state index contributed by atoms with van der Waals surface area (Å²) in [5.41, 5.74) is 3.12. The van der Waals surface area contributed by atoms with Crippen molar-refractivity contribution in [2.24, 2.45) is 0 Å². The van der Waals surface area contributed by atoms with Crippen LogP contribution in [0.5, 0.6) is 0 Å². The first-order valence-corrected chi connectivity index (χ1v) is 8.90. The molecular formula is C18H17N5O2S. The Kier molecular flexibility index (Phi) is 5.43. The highest BCUT2D eigenvalue weighted by molar-refractivity contribution is 7.99. The molecule has 26 heavy (non-hydrogen) atoms. The molecule has 0 spiro atoms. The first kappa shape index (κ1) is 17.8. The number of tetrazole rings is 1. The third-order valence-corrected chi connectivity index (χ3v) is 4.48. The number of carbonyl (C=O) groups is 2. The van der Waals surface area contributed by atoms with Gasteiger partial charge in [0.05, 0.1) is 11.4 Å². The maximum absolute atomic E-state index is 12.3. The quantitative estimate of drug-likeness (QED) is 0.532. The molecule has 0 unspecified atom stereocenters. The van der Waals surface area contributed by atoms with Gasteiger partial charge in [0.1, 0.15) is 0 Å². The van der Waals surface area contributed by atoms with Crippen LogP contribution in [0, 0.1) is 6.92 Å². The van der Waals surface area contributed by atoms with Crippen LogP contribution in [0.25, 0.3) is 5.69 Å². The molecule has 0 saturated carbocycles. The lowest BCUT2D eigenvalue weighted by atomic mass is 10.1. The van der Waals surface area contributed by atoms with Gasteiger partial charge >= 0.3 is 0 Å². The van der Waals surface area contributed by atoms with Gasteiger partial charge in [0.2, 0.25) is 11.1 Å². The highest BCUT2D eigenvalue weighted by Gasteiger charge is 2.13. The Balaban J connectivity index is 1.73. The molecule has 0 atom stereocenters. The highest BCUT2D eigenvalue weighted by atomic mass is 32.2. The lowest BCUT2D eigenvalue weighted by Gasteiger charge is -2.07. The SMILES string of the molecule is CC(=O)Nc1cccc(-n2nnnc2SCC(=O)c2ccc(C)cc2)c1. The van der Waals surface area contributed by atoms with Crippen molar-refractivity contribution in [3.63, 3.8) is 0 Å². The van der Waals surface area contributed by atoms with E-state index in [9.17, 15) is 9.59 Å². The summed E-state index contributed by atoms with van der Waals surface area (Å²) in [4.78, 5) is 23.5. The molecule has 0 radical (unpaired) electrons. The number of amides is 1. The number of benzene rings is 2. The first-order valence-electron chi connectivity index (χ1n) is 7.92. The minimum atomic E-state index is -0.155. The fraction of sp³-hybridized carbons (Fsp3) is 0.167. The van der Waals surface area contributed by atoms with Crippen molar-refractivity contribution in [1.82, 2.24) is 20.2 Å². The minimum Gasteiger partial charge on any atom is -0.326 e. The molecule has 1 heterocycles. The average Bonchev–Trinajstić information content (AvgIpc) is 3.08. The molecule has 0 aliphatic carbocycles. The van der Waals surface area contributed by atoms with E-state index in [-0.39, 0.29) is 17.4 Å². The summed E-state index contributed by atoms with van der Waals surface area (Å²) in [7, 11) is 0. The van der Waals surface area contributed by atoms with Crippen LogP contribution in [0.1, 0.15) is 22.8 Å². The Hall–Kier alpha value is -3.00. The minimum absolute atomic E-state index is 0.0107. The number of hydrogen-bond acceptors (Lipinski definition) is 6. The Bertz CT molecular complexity index is 937. The zero-order chi connectivity index (χ0) is 18.5. The molecule has 3 aromatic rings. The van der Waals surface area contributed by atoms with Crippen molar-refractivity contribution in [3.05, 3.63) is 59.7 Å². The maximum atomic E-state index is 12.3. The molecule has 0 aliphatic heterocycles. The van der Waals surface area contributed by atoms with Crippen molar-refractivity contribution in [2.45, 2.75) is 19.0 Å². The number of Topliss-reactive ketones (excluding diaryl/α,β-unsaturated/α-hetero) is 1. The van der Waals surface area contributed by atoms with Gasteiger partial charge in [-0.25, -0.2) is 0 Å². The van der Waals surface area contributed by atoms with Gasteiger partial charge in [-0.3, -0.25) is 9.59 Å². The number of aromatic nitrogens is 4. The number of nitrogens with zero attached hydrogens (tertiary/aromatic N) is 4. The molecule has 8 heteroatoms. The predicted octanol–water partition coefficient (Wildman–Crippen LogP) is 2.90. The number of aryl methyl sites for hydroxylation is 1. The van der Waals surface area contributed by atoms with Crippen LogP contribution in [-0.2, 0) is 4.79 Å². The van der Waals surface area contributed by atoms with Crippen molar-refractivity contribution in [1.29, 1.82) is 0 Å². The molecule has 1 aromatic heterocycles. The van der Waals surface area contributed by atoms with Crippen LogP contribution in [-0.4, -0.2) is 37.7 Å². The maximum Gasteiger partial charge on any atom is 0.221 e. The molecule has 0 bridgehead atoms. The van der Waals surface area contributed by atoms with Crippen LogP contribution in [0.15, 0.2) is 53.7 Å². The Morgan fingerprint density at radius 1 is 1.15 bits per heavy atom. The van der Waals surface area contributed by atoms with Crippen LogP contribution in [0.2, 0.25) is 0 Å².